The predicted octanol–water partition coefficient (Wildman–Crippen LogP) is 4.54. The van der Waals surface area contributed by atoms with Crippen LogP contribution in [-0.2, 0) is 16.2 Å². The molecule has 0 heterocycles. The van der Waals surface area contributed by atoms with Crippen LogP contribution in [0.4, 0.5) is 5.69 Å². The van der Waals surface area contributed by atoms with Crippen LogP contribution < -0.4 is 25.0 Å². The molecule has 0 atom stereocenters. The molecule has 0 saturated carbocycles. The molecule has 2 N–H and O–H groups in total. The third kappa shape index (κ3) is 8.19. The Morgan fingerprint density at radius 1 is 0.914 bits per heavy atom. The summed E-state index contributed by atoms with van der Waals surface area (Å²) in [6.07, 6.45) is 3.43. The second-order valence-corrected chi connectivity index (χ2v) is 7.56. The number of hydrazone groups is 1. The highest BCUT2D eigenvalue weighted by molar-refractivity contribution is 6.39. The van der Waals surface area contributed by atoms with E-state index < -0.39 is 11.8 Å². The van der Waals surface area contributed by atoms with E-state index in [4.69, 9.17) is 14.2 Å². The Morgan fingerprint density at radius 3 is 2.40 bits per heavy atom. The van der Waals surface area contributed by atoms with Crippen LogP contribution in [0.5, 0.6) is 17.2 Å². The molecule has 2 amide bonds. The molecule has 0 unspecified atom stereocenters. The van der Waals surface area contributed by atoms with Crippen LogP contribution >= 0.6 is 0 Å². The maximum Gasteiger partial charge on any atom is 0.329 e. The molecule has 0 bridgehead atoms. The van der Waals surface area contributed by atoms with Gasteiger partial charge in [-0.15, -0.1) is 0 Å². The molecule has 0 aliphatic heterocycles. The average molecular weight is 476 g/mol. The standard InChI is InChI=1S/C27H29N3O5/c1-3-4-16-34-23-13-11-22(12-14-23)29-26(31)27(32)30-28-18-21-10-15-24(25(17-21)33-2)35-19-20-8-6-5-7-9-20/h5-15,17-18H,3-4,16,19H2,1-2H3,(H,29,31)(H,30,32)/b28-18-. The number of hydrogen-bond acceptors (Lipinski definition) is 6. The van der Waals surface area contributed by atoms with Gasteiger partial charge in [-0.25, -0.2) is 5.43 Å². The van der Waals surface area contributed by atoms with Crippen LogP contribution in [0.3, 0.4) is 0 Å². The van der Waals surface area contributed by atoms with E-state index in [1.54, 1.807) is 49.6 Å². The lowest BCUT2D eigenvalue weighted by Gasteiger charge is -2.11. The Bertz CT molecular complexity index is 1130. The molecule has 3 aromatic carbocycles. The maximum atomic E-state index is 12.1. The summed E-state index contributed by atoms with van der Waals surface area (Å²) in [5, 5.41) is 6.38. The van der Waals surface area contributed by atoms with Crippen molar-refractivity contribution in [3.8, 4) is 17.2 Å². The number of hydrogen-bond donors (Lipinski definition) is 2. The minimum Gasteiger partial charge on any atom is -0.494 e. The van der Waals surface area contributed by atoms with Crippen molar-refractivity contribution >= 4 is 23.7 Å². The SMILES string of the molecule is CCCCOc1ccc(NC(=O)C(=O)N/N=C\c2ccc(OCc3ccccc3)c(OC)c2)cc1. The fourth-order valence-electron chi connectivity index (χ4n) is 2.99. The van der Waals surface area contributed by atoms with Crippen molar-refractivity contribution in [2.45, 2.75) is 26.4 Å². The molecule has 0 radical (unpaired) electrons. The third-order valence-corrected chi connectivity index (χ3v) is 4.89. The average Bonchev–Trinajstić information content (AvgIpc) is 2.89. The van der Waals surface area contributed by atoms with Crippen LogP contribution in [0.15, 0.2) is 77.9 Å². The van der Waals surface area contributed by atoms with Crippen molar-refractivity contribution in [3.05, 3.63) is 83.9 Å². The largest absolute Gasteiger partial charge is 0.494 e. The number of methoxy groups -OCH3 is 1. The predicted molar refractivity (Wildman–Crippen MR) is 135 cm³/mol. The molecule has 8 nitrogen and oxygen atoms in total. The summed E-state index contributed by atoms with van der Waals surface area (Å²) < 4.78 is 16.8. The van der Waals surface area contributed by atoms with Gasteiger partial charge in [0.1, 0.15) is 12.4 Å². The molecule has 3 rings (SSSR count). The topological polar surface area (TPSA) is 98.2 Å². The van der Waals surface area contributed by atoms with Crippen LogP contribution in [0, 0.1) is 0 Å². The van der Waals surface area contributed by atoms with Gasteiger partial charge in [-0.2, -0.15) is 5.10 Å². The fourth-order valence-corrected chi connectivity index (χ4v) is 2.99. The summed E-state index contributed by atoms with van der Waals surface area (Å²) in [6, 6.07) is 21.9. The number of nitrogens with one attached hydrogen (secondary N) is 2. The van der Waals surface area contributed by atoms with Crippen molar-refractivity contribution in [1.82, 2.24) is 5.43 Å². The molecular formula is C27H29N3O5. The maximum absolute atomic E-state index is 12.1. The van der Waals surface area contributed by atoms with Crippen LogP contribution in [0.1, 0.15) is 30.9 Å². The number of unbranched alkanes of at least 4 members (excludes halogenated alkanes) is 1. The van der Waals surface area contributed by atoms with E-state index in [1.165, 1.54) is 6.21 Å². The van der Waals surface area contributed by atoms with Crippen molar-refractivity contribution in [2.24, 2.45) is 5.10 Å². The van der Waals surface area contributed by atoms with Crippen LogP contribution in [-0.4, -0.2) is 31.7 Å². The summed E-state index contributed by atoms with van der Waals surface area (Å²) in [5.41, 5.74) is 4.40. The zero-order chi connectivity index (χ0) is 24.9. The number of nitrogens with zero attached hydrogens (tertiary/aromatic N) is 1. The number of amides is 2. The summed E-state index contributed by atoms with van der Waals surface area (Å²) in [6.45, 7) is 3.13. The molecule has 3 aromatic rings. The number of benzene rings is 3. The van der Waals surface area contributed by atoms with E-state index in [0.717, 1.165) is 18.4 Å². The van der Waals surface area contributed by atoms with Gasteiger partial charge in [0.2, 0.25) is 0 Å². The lowest BCUT2D eigenvalue weighted by molar-refractivity contribution is -0.136. The molecule has 182 valence electrons. The van der Waals surface area contributed by atoms with E-state index in [0.29, 0.717) is 41.7 Å². The first kappa shape index (κ1) is 25.3. The molecule has 0 aromatic heterocycles. The highest BCUT2D eigenvalue weighted by atomic mass is 16.5. The molecule has 0 aliphatic rings. The van der Waals surface area contributed by atoms with Gasteiger partial charge in [0.25, 0.3) is 0 Å². The van der Waals surface area contributed by atoms with E-state index in [-0.39, 0.29) is 0 Å². The van der Waals surface area contributed by atoms with Crippen LogP contribution in [0.25, 0.3) is 0 Å². The molecule has 35 heavy (non-hydrogen) atoms. The fraction of sp³-hybridized carbons (Fsp3) is 0.222. The Morgan fingerprint density at radius 2 is 1.69 bits per heavy atom. The van der Waals surface area contributed by atoms with E-state index in [1.807, 2.05) is 30.3 Å². The summed E-state index contributed by atoms with van der Waals surface area (Å²) in [5.74, 6) is 0.0931. The van der Waals surface area contributed by atoms with Crippen LogP contribution in [0.2, 0.25) is 0 Å². The normalized spacial score (nSPS) is 10.6. The second kappa shape index (κ2) is 13.4. The lowest BCUT2D eigenvalue weighted by atomic mass is 10.2. The quantitative estimate of drug-likeness (QED) is 0.184. The number of rotatable bonds is 11. The van der Waals surface area contributed by atoms with E-state index >= 15 is 0 Å². The van der Waals surface area contributed by atoms with Crippen molar-refractivity contribution in [1.29, 1.82) is 0 Å². The van der Waals surface area contributed by atoms with E-state index in [9.17, 15) is 9.59 Å². The van der Waals surface area contributed by atoms with Gasteiger partial charge < -0.3 is 19.5 Å². The molecule has 0 spiro atoms. The summed E-state index contributed by atoms with van der Waals surface area (Å²) >= 11 is 0. The lowest BCUT2D eigenvalue weighted by Crippen LogP contribution is -2.32. The van der Waals surface area contributed by atoms with Gasteiger partial charge in [-0.05, 0) is 60.0 Å². The van der Waals surface area contributed by atoms with Crippen molar-refractivity contribution in [2.75, 3.05) is 19.0 Å². The minimum absolute atomic E-state index is 0.407. The van der Waals surface area contributed by atoms with Gasteiger partial charge in [0, 0.05) is 5.69 Å². The first-order valence-corrected chi connectivity index (χ1v) is 11.3. The smallest absolute Gasteiger partial charge is 0.329 e. The van der Waals surface area contributed by atoms with Crippen molar-refractivity contribution in [3.63, 3.8) is 0 Å². The molecule has 0 saturated heterocycles. The number of ether oxygens (including phenoxy) is 3. The van der Waals surface area contributed by atoms with Gasteiger partial charge in [0.15, 0.2) is 11.5 Å². The Kier molecular flexibility index (Phi) is 9.68. The highest BCUT2D eigenvalue weighted by Gasteiger charge is 2.13. The summed E-state index contributed by atoms with van der Waals surface area (Å²) in [7, 11) is 1.54. The Balaban J connectivity index is 1.49. The summed E-state index contributed by atoms with van der Waals surface area (Å²) in [4.78, 5) is 24.2. The molecular weight excluding hydrogens is 446 g/mol. The first-order chi connectivity index (χ1) is 17.1. The van der Waals surface area contributed by atoms with Gasteiger partial charge >= 0.3 is 11.8 Å². The molecule has 8 heteroatoms. The first-order valence-electron chi connectivity index (χ1n) is 11.3. The van der Waals surface area contributed by atoms with Gasteiger partial charge in [-0.3, -0.25) is 9.59 Å². The monoisotopic (exact) mass is 475 g/mol. The minimum atomic E-state index is -0.890. The van der Waals surface area contributed by atoms with Gasteiger partial charge in [-0.1, -0.05) is 43.7 Å². The number of carbonyl (C=O) groups excluding carboxylic acids is 2. The van der Waals surface area contributed by atoms with Gasteiger partial charge in [0.05, 0.1) is 19.9 Å². The van der Waals surface area contributed by atoms with E-state index in [2.05, 4.69) is 22.8 Å². The zero-order valence-electron chi connectivity index (χ0n) is 19.8. The van der Waals surface area contributed by atoms with Crippen molar-refractivity contribution < 1.29 is 23.8 Å². The molecule has 0 aliphatic carbocycles. The highest BCUT2D eigenvalue weighted by Crippen LogP contribution is 2.28. The number of anilines is 1. The Labute approximate surface area is 204 Å². The Hall–Kier alpha value is -4.33. The zero-order valence-corrected chi connectivity index (χ0v) is 19.8. The number of carbonyl (C=O) groups is 2. The molecule has 0 fully saturated rings. The third-order valence-electron chi connectivity index (χ3n) is 4.89. The second-order valence-electron chi connectivity index (χ2n) is 7.56.